The number of hydrogen-bond donors (Lipinski definition) is 2. The topological polar surface area (TPSA) is 85.8 Å². The van der Waals surface area contributed by atoms with E-state index in [1.807, 2.05) is 6.92 Å². The van der Waals surface area contributed by atoms with Gasteiger partial charge in [-0.15, -0.1) is 10.2 Å². The monoisotopic (exact) mass is 337 g/mol. The lowest BCUT2D eigenvalue weighted by atomic mass is 10.2. The Morgan fingerprint density at radius 2 is 2.26 bits per heavy atom. The number of benzene rings is 1. The van der Waals surface area contributed by atoms with Crippen LogP contribution in [0.5, 0.6) is 0 Å². The number of nitrogens with two attached hydrogens (primary N) is 1. The van der Waals surface area contributed by atoms with Crippen LogP contribution in [-0.4, -0.2) is 32.6 Å². The molecule has 1 atom stereocenters. The first-order chi connectivity index (χ1) is 11.0. The van der Waals surface area contributed by atoms with E-state index in [2.05, 4.69) is 22.4 Å². The molecule has 1 amide bonds. The summed E-state index contributed by atoms with van der Waals surface area (Å²) in [5.74, 6) is 6.04. The summed E-state index contributed by atoms with van der Waals surface area (Å²) >= 11 is 1.19. The van der Waals surface area contributed by atoms with Crippen LogP contribution < -0.4 is 11.2 Å². The van der Waals surface area contributed by atoms with E-state index >= 15 is 0 Å². The fourth-order valence-electron chi connectivity index (χ4n) is 2.15. The van der Waals surface area contributed by atoms with Gasteiger partial charge in [-0.25, -0.2) is 9.07 Å². The van der Waals surface area contributed by atoms with Crippen LogP contribution in [0.3, 0.4) is 0 Å². The number of carbonyl (C=O) groups is 1. The third kappa shape index (κ3) is 4.69. The second-order valence-electron chi connectivity index (χ2n) is 5.23. The number of carbonyl (C=O) groups excluding carboxylic acids is 1. The molecule has 0 radical (unpaired) electrons. The molecule has 0 aliphatic heterocycles. The Bertz CT molecular complexity index is 676. The van der Waals surface area contributed by atoms with E-state index in [0.717, 1.165) is 12.8 Å². The Balaban J connectivity index is 1.99. The van der Waals surface area contributed by atoms with Gasteiger partial charge < -0.3 is 11.2 Å². The highest BCUT2D eigenvalue weighted by atomic mass is 32.2. The first kappa shape index (κ1) is 17.3. The molecule has 0 bridgehead atoms. The van der Waals surface area contributed by atoms with E-state index in [-0.39, 0.29) is 23.5 Å². The summed E-state index contributed by atoms with van der Waals surface area (Å²) in [7, 11) is 0. The molecule has 124 valence electrons. The summed E-state index contributed by atoms with van der Waals surface area (Å²) in [5.41, 5.74) is 0.535. The van der Waals surface area contributed by atoms with E-state index < -0.39 is 0 Å². The normalized spacial score (nSPS) is 12.1. The third-order valence-corrected chi connectivity index (χ3v) is 4.15. The number of nitrogens with one attached hydrogen (secondary N) is 1. The van der Waals surface area contributed by atoms with Crippen LogP contribution in [0.15, 0.2) is 29.4 Å². The Labute approximate surface area is 138 Å². The quantitative estimate of drug-likeness (QED) is 0.597. The molecular weight excluding hydrogens is 317 g/mol. The van der Waals surface area contributed by atoms with Gasteiger partial charge >= 0.3 is 0 Å². The molecule has 2 aromatic rings. The zero-order valence-corrected chi connectivity index (χ0v) is 13.9. The molecule has 3 N–H and O–H groups in total. The van der Waals surface area contributed by atoms with Crippen molar-refractivity contribution in [1.82, 2.24) is 20.2 Å². The van der Waals surface area contributed by atoms with Crippen LogP contribution in [-0.2, 0) is 4.79 Å². The van der Waals surface area contributed by atoms with Gasteiger partial charge in [0.25, 0.3) is 0 Å². The molecule has 0 saturated carbocycles. The Kier molecular flexibility index (Phi) is 5.97. The summed E-state index contributed by atoms with van der Waals surface area (Å²) in [4.78, 5) is 11.9. The average Bonchev–Trinajstić information content (AvgIpc) is 2.86. The SMILES string of the molecule is CCC[C@H](C)NC(=O)CSc1nnc(-c2cccc(F)c2)n1N. The Morgan fingerprint density at radius 1 is 1.48 bits per heavy atom. The smallest absolute Gasteiger partial charge is 0.230 e. The van der Waals surface area contributed by atoms with Crippen molar-refractivity contribution in [3.63, 3.8) is 0 Å². The maximum absolute atomic E-state index is 13.3. The van der Waals surface area contributed by atoms with E-state index in [1.54, 1.807) is 12.1 Å². The largest absolute Gasteiger partial charge is 0.353 e. The van der Waals surface area contributed by atoms with Gasteiger partial charge in [0.05, 0.1) is 5.75 Å². The summed E-state index contributed by atoms with van der Waals surface area (Å²) in [6.45, 7) is 4.04. The van der Waals surface area contributed by atoms with Crippen molar-refractivity contribution < 1.29 is 9.18 Å². The highest BCUT2D eigenvalue weighted by Gasteiger charge is 2.14. The van der Waals surface area contributed by atoms with Crippen molar-refractivity contribution in [2.75, 3.05) is 11.6 Å². The van der Waals surface area contributed by atoms with Crippen molar-refractivity contribution >= 4 is 17.7 Å². The average molecular weight is 337 g/mol. The second kappa shape index (κ2) is 7.96. The molecule has 0 aliphatic rings. The lowest BCUT2D eigenvalue weighted by Gasteiger charge is -2.12. The second-order valence-corrected chi connectivity index (χ2v) is 6.17. The minimum atomic E-state index is -0.371. The lowest BCUT2D eigenvalue weighted by molar-refractivity contribution is -0.119. The summed E-state index contributed by atoms with van der Waals surface area (Å²) in [6.07, 6.45) is 1.95. The Morgan fingerprint density at radius 3 is 2.96 bits per heavy atom. The van der Waals surface area contributed by atoms with Crippen molar-refractivity contribution in [2.45, 2.75) is 37.9 Å². The van der Waals surface area contributed by atoms with Crippen LogP contribution in [0, 0.1) is 5.82 Å². The van der Waals surface area contributed by atoms with Crippen LogP contribution >= 0.6 is 11.8 Å². The van der Waals surface area contributed by atoms with Crippen molar-refractivity contribution in [3.05, 3.63) is 30.1 Å². The maximum atomic E-state index is 13.3. The number of halogens is 1. The van der Waals surface area contributed by atoms with Gasteiger partial charge in [-0.05, 0) is 25.5 Å². The number of hydrogen-bond acceptors (Lipinski definition) is 5. The molecule has 0 unspecified atom stereocenters. The van der Waals surface area contributed by atoms with Gasteiger partial charge in [0.2, 0.25) is 11.1 Å². The van der Waals surface area contributed by atoms with Crippen LogP contribution in [0.2, 0.25) is 0 Å². The zero-order valence-electron chi connectivity index (χ0n) is 13.1. The highest BCUT2D eigenvalue weighted by molar-refractivity contribution is 7.99. The number of nitrogen functional groups attached to an aromatic ring is 1. The number of aromatic nitrogens is 3. The molecule has 1 aromatic carbocycles. The third-order valence-electron chi connectivity index (χ3n) is 3.21. The standard InChI is InChI=1S/C15H20FN5OS/c1-3-5-10(2)18-13(22)9-23-15-20-19-14(21(15)17)11-6-4-7-12(16)8-11/h4,6-8,10H,3,5,9,17H2,1-2H3,(H,18,22)/t10-/m0/s1. The van der Waals surface area contributed by atoms with Crippen LogP contribution in [0.25, 0.3) is 11.4 Å². The van der Waals surface area contributed by atoms with Crippen LogP contribution in [0.1, 0.15) is 26.7 Å². The van der Waals surface area contributed by atoms with Gasteiger partial charge in [0.1, 0.15) is 5.82 Å². The van der Waals surface area contributed by atoms with E-state index in [4.69, 9.17) is 5.84 Å². The molecule has 0 fully saturated rings. The predicted molar refractivity (Wildman–Crippen MR) is 88.8 cm³/mol. The lowest BCUT2D eigenvalue weighted by Crippen LogP contribution is -2.33. The summed E-state index contributed by atoms with van der Waals surface area (Å²) in [5, 5.41) is 11.2. The van der Waals surface area contributed by atoms with Gasteiger partial charge in [-0.1, -0.05) is 37.2 Å². The number of amides is 1. The van der Waals surface area contributed by atoms with Gasteiger partial charge in [-0.2, -0.15) is 0 Å². The van der Waals surface area contributed by atoms with Gasteiger partial charge in [0.15, 0.2) is 5.82 Å². The van der Waals surface area contributed by atoms with Crippen molar-refractivity contribution in [1.29, 1.82) is 0 Å². The summed E-state index contributed by atoms with van der Waals surface area (Å²) < 4.78 is 14.5. The molecule has 0 spiro atoms. The first-order valence-corrected chi connectivity index (χ1v) is 8.38. The molecule has 6 nitrogen and oxygen atoms in total. The molecule has 1 heterocycles. The molecule has 0 saturated heterocycles. The van der Waals surface area contributed by atoms with E-state index in [1.165, 1.54) is 28.6 Å². The molecule has 0 aliphatic carbocycles. The number of nitrogens with zero attached hydrogens (tertiary/aromatic N) is 3. The minimum Gasteiger partial charge on any atom is -0.353 e. The van der Waals surface area contributed by atoms with Gasteiger partial charge in [0, 0.05) is 11.6 Å². The minimum absolute atomic E-state index is 0.0775. The fraction of sp³-hybridized carbons (Fsp3) is 0.400. The molecular formula is C15H20FN5OS. The summed E-state index contributed by atoms with van der Waals surface area (Å²) in [6, 6.07) is 6.10. The zero-order chi connectivity index (χ0) is 16.8. The predicted octanol–water partition coefficient (Wildman–Crippen LogP) is 2.19. The van der Waals surface area contributed by atoms with E-state index in [0.29, 0.717) is 16.5 Å². The molecule has 1 aromatic heterocycles. The maximum Gasteiger partial charge on any atom is 0.230 e. The highest BCUT2D eigenvalue weighted by Crippen LogP contribution is 2.21. The number of rotatable bonds is 7. The van der Waals surface area contributed by atoms with Gasteiger partial charge in [-0.3, -0.25) is 4.79 Å². The molecule has 2 rings (SSSR count). The first-order valence-electron chi connectivity index (χ1n) is 7.39. The number of thioether (sulfide) groups is 1. The molecule has 23 heavy (non-hydrogen) atoms. The molecule has 8 heteroatoms. The van der Waals surface area contributed by atoms with E-state index in [9.17, 15) is 9.18 Å². The van der Waals surface area contributed by atoms with Crippen molar-refractivity contribution in [3.8, 4) is 11.4 Å². The fourth-order valence-corrected chi connectivity index (χ4v) is 2.82. The van der Waals surface area contributed by atoms with Crippen LogP contribution in [0.4, 0.5) is 4.39 Å². The Hall–Kier alpha value is -2.09. The van der Waals surface area contributed by atoms with Crippen molar-refractivity contribution in [2.24, 2.45) is 0 Å².